The number of aromatic nitrogens is 1. The summed E-state index contributed by atoms with van der Waals surface area (Å²) in [5, 5.41) is 23.1. The third-order valence-corrected chi connectivity index (χ3v) is 8.33. The van der Waals surface area contributed by atoms with E-state index in [9.17, 15) is 18.8 Å². The number of likely N-dealkylation sites (tertiary alicyclic amines) is 1. The van der Waals surface area contributed by atoms with Crippen LogP contribution in [0.5, 0.6) is 0 Å². The molecule has 1 saturated heterocycles. The van der Waals surface area contributed by atoms with Crippen LogP contribution in [0.3, 0.4) is 0 Å². The first kappa shape index (κ1) is 34.4. The Morgan fingerprint density at radius 3 is 2.39 bits per heavy atom. The number of halogens is 2. The summed E-state index contributed by atoms with van der Waals surface area (Å²) in [7, 11) is 0. The van der Waals surface area contributed by atoms with Crippen molar-refractivity contribution in [2.45, 2.75) is 31.3 Å². The van der Waals surface area contributed by atoms with E-state index >= 15 is 0 Å². The maximum Gasteiger partial charge on any atom is 0.290 e. The van der Waals surface area contributed by atoms with Crippen LogP contribution in [0.25, 0.3) is 5.69 Å². The van der Waals surface area contributed by atoms with Gasteiger partial charge in [-0.2, -0.15) is 0 Å². The summed E-state index contributed by atoms with van der Waals surface area (Å²) in [5.41, 5.74) is 0.144. The highest BCUT2D eigenvalue weighted by Crippen LogP contribution is 2.24. The van der Waals surface area contributed by atoms with Crippen LogP contribution in [0, 0.1) is 11.7 Å². The molecule has 2 amide bonds. The van der Waals surface area contributed by atoms with Crippen LogP contribution in [-0.4, -0.2) is 82.7 Å². The van der Waals surface area contributed by atoms with Gasteiger partial charge in [0.15, 0.2) is 0 Å². The van der Waals surface area contributed by atoms with Crippen molar-refractivity contribution in [1.29, 1.82) is 0 Å². The SMILES string of the molecule is O=C(CN1C[C@H](CNC2CCC2)[C@@H](NC(=O)c2ccc(Cl)s2)C1)Nc1ccc(-n2ccccc2=O)cc1F.O=CO.O=CO. The molecule has 2 aliphatic rings. The minimum absolute atomic E-state index is 0.0459. The first-order valence-electron chi connectivity index (χ1n) is 13.6. The van der Waals surface area contributed by atoms with Crippen molar-refractivity contribution in [3.8, 4) is 5.69 Å². The molecule has 15 heteroatoms. The van der Waals surface area contributed by atoms with Gasteiger partial charge >= 0.3 is 0 Å². The Hall–Kier alpha value is -4.11. The maximum absolute atomic E-state index is 14.8. The molecule has 0 radical (unpaired) electrons. The van der Waals surface area contributed by atoms with Crippen molar-refractivity contribution >= 4 is 53.4 Å². The largest absolute Gasteiger partial charge is 0.483 e. The molecule has 0 bridgehead atoms. The van der Waals surface area contributed by atoms with E-state index in [-0.39, 0.29) is 54.5 Å². The van der Waals surface area contributed by atoms with Crippen molar-refractivity contribution in [1.82, 2.24) is 20.1 Å². The van der Waals surface area contributed by atoms with Crippen LogP contribution >= 0.6 is 22.9 Å². The zero-order valence-electron chi connectivity index (χ0n) is 23.5. The van der Waals surface area contributed by atoms with Gasteiger partial charge in [-0.3, -0.25) is 33.4 Å². The Bertz CT molecular complexity index is 1480. The molecule has 3 aromatic rings. The van der Waals surface area contributed by atoms with Gasteiger partial charge in [0.1, 0.15) is 5.82 Å². The Kier molecular flexibility index (Phi) is 13.5. The normalized spacial score (nSPS) is 17.6. The van der Waals surface area contributed by atoms with Crippen molar-refractivity contribution in [2.75, 3.05) is 31.5 Å². The molecule has 44 heavy (non-hydrogen) atoms. The summed E-state index contributed by atoms with van der Waals surface area (Å²) >= 11 is 7.23. The van der Waals surface area contributed by atoms with Gasteiger partial charge in [0.25, 0.3) is 24.4 Å². The Morgan fingerprint density at radius 2 is 1.80 bits per heavy atom. The number of carbonyl (C=O) groups is 4. The van der Waals surface area contributed by atoms with E-state index in [2.05, 4.69) is 16.0 Å². The van der Waals surface area contributed by atoms with Crippen LogP contribution in [0.15, 0.2) is 59.5 Å². The molecule has 1 aliphatic carbocycles. The lowest BCUT2D eigenvalue weighted by molar-refractivity contribution is -0.123. The second-order valence-electron chi connectivity index (χ2n) is 10.0. The highest BCUT2D eigenvalue weighted by molar-refractivity contribution is 7.18. The number of nitrogens with zero attached hydrogens (tertiary/aromatic N) is 2. The standard InChI is InChI=1S/C27H29ClFN5O3S.2CH2O2/c28-24-10-9-23(38-24)27(37)32-22-15-33(14-17(22)13-30-18-4-3-5-18)16-25(35)31-21-8-7-19(12-20(21)29)34-11-2-1-6-26(34)36;2*2-1-3/h1-2,6-12,17-18,22,30H,3-5,13-16H2,(H,31,35)(H,32,37);2*1H,(H,2,3)/t17-,22-;;/m0../s1. The van der Waals surface area contributed by atoms with Gasteiger partial charge in [-0.25, -0.2) is 4.39 Å². The first-order valence-corrected chi connectivity index (χ1v) is 14.8. The molecule has 3 heterocycles. The third-order valence-electron chi connectivity index (χ3n) is 7.10. The van der Waals surface area contributed by atoms with Gasteiger partial charge < -0.3 is 26.2 Å². The molecule has 0 unspecified atom stereocenters. The van der Waals surface area contributed by atoms with E-state index in [1.165, 1.54) is 40.5 Å². The molecule has 5 rings (SSSR count). The van der Waals surface area contributed by atoms with Crippen LogP contribution in [0.4, 0.5) is 10.1 Å². The first-order chi connectivity index (χ1) is 21.2. The molecule has 0 spiro atoms. The number of amides is 2. The molecule has 1 aromatic carbocycles. The number of benzene rings is 1. The summed E-state index contributed by atoms with van der Waals surface area (Å²) in [6.07, 6.45) is 5.11. The summed E-state index contributed by atoms with van der Waals surface area (Å²) in [6, 6.07) is 12.7. The molecule has 236 valence electrons. The van der Waals surface area contributed by atoms with Gasteiger partial charge in [0.2, 0.25) is 5.91 Å². The van der Waals surface area contributed by atoms with E-state index in [4.69, 9.17) is 31.4 Å². The minimum atomic E-state index is -0.629. The highest BCUT2D eigenvalue weighted by atomic mass is 35.5. The van der Waals surface area contributed by atoms with Crippen molar-refractivity contribution in [3.63, 3.8) is 0 Å². The fraction of sp³-hybridized carbons (Fsp3) is 0.345. The number of anilines is 1. The molecule has 2 atom stereocenters. The molecule has 1 saturated carbocycles. The molecule has 1 aliphatic heterocycles. The lowest BCUT2D eigenvalue weighted by Gasteiger charge is -2.29. The molecule has 5 N–H and O–H groups in total. The zero-order chi connectivity index (χ0) is 32.1. The summed E-state index contributed by atoms with van der Waals surface area (Å²) in [5.74, 6) is -1.03. The second-order valence-corrected chi connectivity index (χ2v) is 11.7. The third kappa shape index (κ3) is 9.98. The number of nitrogens with one attached hydrogen (secondary N) is 3. The summed E-state index contributed by atoms with van der Waals surface area (Å²) < 4.78 is 16.7. The van der Waals surface area contributed by atoms with Crippen LogP contribution in [0.2, 0.25) is 4.34 Å². The molecule has 12 nitrogen and oxygen atoms in total. The van der Waals surface area contributed by atoms with Crippen molar-refractivity contribution in [3.05, 3.63) is 80.1 Å². The Labute approximate surface area is 261 Å². The predicted octanol–water partition coefficient (Wildman–Crippen LogP) is 2.90. The van der Waals surface area contributed by atoms with Gasteiger partial charge in [-0.15, -0.1) is 11.3 Å². The van der Waals surface area contributed by atoms with Gasteiger partial charge in [-0.05, 0) is 43.2 Å². The molecular weight excluding hydrogens is 617 g/mol. The van der Waals surface area contributed by atoms with Crippen LogP contribution in [-0.2, 0) is 14.4 Å². The monoisotopic (exact) mass is 649 g/mol. The van der Waals surface area contributed by atoms with E-state index < -0.39 is 5.82 Å². The summed E-state index contributed by atoms with van der Waals surface area (Å²) in [4.78, 5) is 56.9. The number of carboxylic acid groups (broad SMARTS) is 2. The number of carbonyl (C=O) groups excluding carboxylic acids is 2. The van der Waals surface area contributed by atoms with Crippen LogP contribution < -0.4 is 21.5 Å². The van der Waals surface area contributed by atoms with Gasteiger partial charge in [-0.1, -0.05) is 24.1 Å². The number of thiophene rings is 1. The van der Waals surface area contributed by atoms with Gasteiger partial charge in [0, 0.05) is 56.0 Å². The van der Waals surface area contributed by atoms with E-state index in [0.29, 0.717) is 34.0 Å². The average Bonchev–Trinajstić information content (AvgIpc) is 3.55. The van der Waals surface area contributed by atoms with Crippen molar-refractivity contribution < 1.29 is 33.8 Å². The lowest BCUT2D eigenvalue weighted by atomic mass is 9.92. The highest BCUT2D eigenvalue weighted by Gasteiger charge is 2.35. The van der Waals surface area contributed by atoms with E-state index in [1.807, 2.05) is 4.90 Å². The number of rotatable bonds is 9. The smallest absolute Gasteiger partial charge is 0.290 e. The fourth-order valence-corrected chi connectivity index (χ4v) is 5.80. The van der Waals surface area contributed by atoms with E-state index in [0.717, 1.165) is 19.4 Å². The van der Waals surface area contributed by atoms with Gasteiger partial charge in [0.05, 0.1) is 27.1 Å². The summed E-state index contributed by atoms with van der Waals surface area (Å²) in [6.45, 7) is 1.44. The molecule has 2 aromatic heterocycles. The van der Waals surface area contributed by atoms with Crippen LogP contribution in [0.1, 0.15) is 28.9 Å². The Morgan fingerprint density at radius 1 is 1.07 bits per heavy atom. The quantitative estimate of drug-likeness (QED) is 0.219. The maximum atomic E-state index is 14.8. The Balaban J connectivity index is 0.000000816. The second kappa shape index (κ2) is 17.3. The van der Waals surface area contributed by atoms with Crippen molar-refractivity contribution in [2.24, 2.45) is 5.92 Å². The van der Waals surface area contributed by atoms with E-state index in [1.54, 1.807) is 36.5 Å². The fourth-order valence-electron chi connectivity index (χ4n) is 4.86. The lowest BCUT2D eigenvalue weighted by Crippen LogP contribution is -2.46. The predicted molar refractivity (Wildman–Crippen MR) is 164 cm³/mol. The zero-order valence-corrected chi connectivity index (χ0v) is 25.1. The number of hydrogen-bond donors (Lipinski definition) is 5. The molecule has 2 fully saturated rings. The number of hydrogen-bond acceptors (Lipinski definition) is 8. The molecular formula is C29H33ClFN5O7S. The number of pyridine rings is 1. The minimum Gasteiger partial charge on any atom is -0.483 e. The average molecular weight is 650 g/mol. The topological polar surface area (TPSA) is 170 Å².